The van der Waals surface area contributed by atoms with Gasteiger partial charge in [0, 0.05) is 22.9 Å². The normalized spacial score (nSPS) is 13.4. The van der Waals surface area contributed by atoms with Gasteiger partial charge in [-0.1, -0.05) is 0 Å². The van der Waals surface area contributed by atoms with Gasteiger partial charge in [-0.2, -0.15) is 5.10 Å². The second-order valence-electron chi connectivity index (χ2n) is 6.97. The van der Waals surface area contributed by atoms with Gasteiger partial charge in [-0.05, 0) is 56.5 Å². The molecule has 0 saturated heterocycles. The molecule has 0 radical (unpaired) electrons. The average molecular weight is 379 g/mol. The molecule has 8 nitrogen and oxygen atoms in total. The number of aryl methyl sites for hydroxylation is 1. The van der Waals surface area contributed by atoms with Gasteiger partial charge < -0.3 is 15.0 Å². The van der Waals surface area contributed by atoms with Gasteiger partial charge in [-0.3, -0.25) is 9.89 Å². The number of carbonyl (C=O) groups excluding carboxylic acids is 2. The summed E-state index contributed by atoms with van der Waals surface area (Å²) in [7, 11) is 1.32. The summed E-state index contributed by atoms with van der Waals surface area (Å²) in [6.07, 6.45) is 2.32. The molecule has 3 aromatic rings. The minimum absolute atomic E-state index is 0.322. The number of hydrogen-bond acceptors (Lipinski definition) is 5. The highest BCUT2D eigenvalue weighted by molar-refractivity contribution is 6.06. The number of ether oxygens (including phenoxy) is 1. The SMILES string of the molecule is COC(=O)c1c(C)[nH]c(C(=O)Nc2ccc(-c3n[nH]c(C4CC4)n3)cc2)c1C. The predicted molar refractivity (Wildman–Crippen MR) is 103 cm³/mol. The molecule has 3 N–H and O–H groups in total. The van der Waals surface area contributed by atoms with Gasteiger partial charge in [-0.15, -0.1) is 0 Å². The first-order valence-electron chi connectivity index (χ1n) is 9.09. The van der Waals surface area contributed by atoms with E-state index in [4.69, 9.17) is 4.74 Å². The number of aromatic amines is 2. The van der Waals surface area contributed by atoms with E-state index in [0.29, 0.717) is 39.9 Å². The molecule has 0 unspecified atom stereocenters. The van der Waals surface area contributed by atoms with Crippen LogP contribution in [-0.4, -0.2) is 39.2 Å². The van der Waals surface area contributed by atoms with E-state index in [1.54, 1.807) is 26.0 Å². The third-order valence-corrected chi connectivity index (χ3v) is 4.92. The first kappa shape index (κ1) is 18.0. The van der Waals surface area contributed by atoms with Crippen LogP contribution in [0.2, 0.25) is 0 Å². The van der Waals surface area contributed by atoms with Crippen molar-refractivity contribution in [2.75, 3.05) is 12.4 Å². The Kier molecular flexibility index (Phi) is 4.46. The van der Waals surface area contributed by atoms with Crippen LogP contribution in [0.4, 0.5) is 5.69 Å². The highest BCUT2D eigenvalue weighted by atomic mass is 16.5. The highest BCUT2D eigenvalue weighted by Gasteiger charge is 2.27. The lowest BCUT2D eigenvalue weighted by atomic mass is 10.1. The summed E-state index contributed by atoms with van der Waals surface area (Å²) < 4.78 is 4.78. The smallest absolute Gasteiger partial charge is 0.339 e. The first-order chi connectivity index (χ1) is 13.5. The number of amides is 1. The zero-order chi connectivity index (χ0) is 19.8. The van der Waals surface area contributed by atoms with Gasteiger partial charge >= 0.3 is 5.97 Å². The second-order valence-corrected chi connectivity index (χ2v) is 6.97. The van der Waals surface area contributed by atoms with E-state index in [0.717, 1.165) is 24.2 Å². The lowest BCUT2D eigenvalue weighted by Gasteiger charge is -2.06. The second kappa shape index (κ2) is 6.95. The number of methoxy groups -OCH3 is 1. The summed E-state index contributed by atoms with van der Waals surface area (Å²) >= 11 is 0. The molecule has 0 spiro atoms. The maximum atomic E-state index is 12.6. The minimum atomic E-state index is -0.466. The van der Waals surface area contributed by atoms with Crippen LogP contribution in [0.3, 0.4) is 0 Å². The fraction of sp³-hybridized carbons (Fsp3) is 0.300. The van der Waals surface area contributed by atoms with Gasteiger partial charge in [0.15, 0.2) is 5.82 Å². The molecular formula is C20H21N5O3. The molecule has 1 aliphatic carbocycles. The Bertz CT molecular complexity index is 1040. The van der Waals surface area contributed by atoms with E-state index in [9.17, 15) is 9.59 Å². The van der Waals surface area contributed by atoms with E-state index in [1.165, 1.54) is 7.11 Å². The van der Waals surface area contributed by atoms with E-state index in [1.807, 2.05) is 12.1 Å². The lowest BCUT2D eigenvalue weighted by Crippen LogP contribution is -2.14. The maximum absolute atomic E-state index is 12.6. The van der Waals surface area contributed by atoms with Crippen molar-refractivity contribution in [1.29, 1.82) is 0 Å². The molecule has 8 heteroatoms. The molecule has 1 aromatic carbocycles. The van der Waals surface area contributed by atoms with E-state index in [-0.39, 0.29) is 5.91 Å². The number of rotatable bonds is 5. The Morgan fingerprint density at radius 1 is 1.18 bits per heavy atom. The van der Waals surface area contributed by atoms with E-state index < -0.39 is 5.97 Å². The maximum Gasteiger partial charge on any atom is 0.339 e. The van der Waals surface area contributed by atoms with Gasteiger partial charge in [0.05, 0.1) is 12.7 Å². The summed E-state index contributed by atoms with van der Waals surface area (Å²) in [6.45, 7) is 3.45. The van der Waals surface area contributed by atoms with Gasteiger partial charge in [0.2, 0.25) is 0 Å². The fourth-order valence-electron chi connectivity index (χ4n) is 3.22. The van der Waals surface area contributed by atoms with Crippen LogP contribution >= 0.6 is 0 Å². The Morgan fingerprint density at radius 3 is 2.54 bits per heavy atom. The van der Waals surface area contributed by atoms with Crippen molar-refractivity contribution in [1.82, 2.24) is 20.2 Å². The number of nitrogens with one attached hydrogen (secondary N) is 3. The number of aromatic nitrogens is 4. The van der Waals surface area contributed by atoms with Crippen LogP contribution in [0.25, 0.3) is 11.4 Å². The standard InChI is InChI=1S/C20H21N5O3/c1-10-15(20(27)28-3)11(2)21-16(10)19(26)22-14-8-6-13(7-9-14)18-23-17(24-25-18)12-4-5-12/h6-9,12,21H,4-5H2,1-3H3,(H,22,26)(H,23,24,25). The average Bonchev–Trinajstić information content (AvgIpc) is 3.34. The Balaban J connectivity index is 1.49. The summed E-state index contributed by atoms with van der Waals surface area (Å²) in [5.41, 5.74) is 3.40. The van der Waals surface area contributed by atoms with Crippen LogP contribution < -0.4 is 5.32 Å². The topological polar surface area (TPSA) is 113 Å². The molecule has 1 aliphatic rings. The van der Waals surface area contributed by atoms with Crippen molar-refractivity contribution in [2.24, 2.45) is 0 Å². The number of H-pyrrole nitrogens is 2. The first-order valence-corrected chi connectivity index (χ1v) is 9.09. The van der Waals surface area contributed by atoms with E-state index in [2.05, 4.69) is 25.5 Å². The minimum Gasteiger partial charge on any atom is -0.465 e. The summed E-state index contributed by atoms with van der Waals surface area (Å²) in [4.78, 5) is 32.0. The predicted octanol–water partition coefficient (Wildman–Crippen LogP) is 3.33. The highest BCUT2D eigenvalue weighted by Crippen LogP contribution is 2.38. The molecule has 0 atom stereocenters. The quantitative estimate of drug-likeness (QED) is 0.589. The molecule has 1 fully saturated rings. The monoisotopic (exact) mass is 379 g/mol. The van der Waals surface area contributed by atoms with Crippen molar-refractivity contribution in [2.45, 2.75) is 32.6 Å². The van der Waals surface area contributed by atoms with Crippen molar-refractivity contribution < 1.29 is 14.3 Å². The number of anilines is 1. The largest absolute Gasteiger partial charge is 0.465 e. The van der Waals surface area contributed by atoms with Crippen LogP contribution in [-0.2, 0) is 4.74 Å². The van der Waals surface area contributed by atoms with Gasteiger partial charge in [0.1, 0.15) is 11.5 Å². The molecule has 1 saturated carbocycles. The molecule has 0 bridgehead atoms. The number of nitrogens with zero attached hydrogens (tertiary/aromatic N) is 2. The van der Waals surface area contributed by atoms with E-state index >= 15 is 0 Å². The molecule has 1 amide bonds. The van der Waals surface area contributed by atoms with Gasteiger partial charge in [0.25, 0.3) is 5.91 Å². The molecule has 0 aliphatic heterocycles. The molecule has 2 heterocycles. The fourth-order valence-corrected chi connectivity index (χ4v) is 3.22. The number of esters is 1. The van der Waals surface area contributed by atoms with Crippen molar-refractivity contribution in [3.8, 4) is 11.4 Å². The molecule has 4 rings (SSSR count). The molecular weight excluding hydrogens is 358 g/mol. The summed E-state index contributed by atoms with van der Waals surface area (Å²) in [6, 6.07) is 7.32. The Labute approximate surface area is 161 Å². The Morgan fingerprint density at radius 2 is 1.89 bits per heavy atom. The zero-order valence-corrected chi connectivity index (χ0v) is 15.9. The van der Waals surface area contributed by atoms with Crippen LogP contribution in [0.15, 0.2) is 24.3 Å². The van der Waals surface area contributed by atoms with Crippen LogP contribution in [0.5, 0.6) is 0 Å². The molecule has 144 valence electrons. The van der Waals surface area contributed by atoms with Gasteiger partial charge in [-0.25, -0.2) is 9.78 Å². The number of carbonyl (C=O) groups is 2. The molecule has 2 aromatic heterocycles. The van der Waals surface area contributed by atoms with Crippen LogP contribution in [0, 0.1) is 13.8 Å². The third kappa shape index (κ3) is 3.28. The zero-order valence-electron chi connectivity index (χ0n) is 15.9. The summed E-state index contributed by atoms with van der Waals surface area (Å²) in [5.74, 6) is 1.32. The number of hydrogen-bond donors (Lipinski definition) is 3. The van der Waals surface area contributed by atoms with Crippen molar-refractivity contribution >= 4 is 17.6 Å². The summed E-state index contributed by atoms with van der Waals surface area (Å²) in [5, 5.41) is 10.1. The molecule has 28 heavy (non-hydrogen) atoms. The number of benzene rings is 1. The third-order valence-electron chi connectivity index (χ3n) is 4.92. The lowest BCUT2D eigenvalue weighted by molar-refractivity contribution is 0.0599. The Hall–Kier alpha value is -3.42. The van der Waals surface area contributed by atoms with Crippen molar-refractivity contribution in [3.63, 3.8) is 0 Å². The van der Waals surface area contributed by atoms with Crippen molar-refractivity contribution in [3.05, 3.63) is 52.6 Å². The van der Waals surface area contributed by atoms with Crippen LogP contribution in [0.1, 0.15) is 56.7 Å².